The van der Waals surface area contributed by atoms with Gasteiger partial charge in [0.2, 0.25) is 0 Å². The minimum atomic E-state index is -3.66. The highest BCUT2D eigenvalue weighted by Gasteiger charge is 2.44. The number of halogens is 1. The van der Waals surface area contributed by atoms with Crippen LogP contribution in [0.2, 0.25) is 5.02 Å². The number of amides is 1. The van der Waals surface area contributed by atoms with Crippen LogP contribution in [-0.4, -0.2) is 20.6 Å². The van der Waals surface area contributed by atoms with Crippen molar-refractivity contribution in [2.75, 3.05) is 11.2 Å². The van der Waals surface area contributed by atoms with Gasteiger partial charge in [0.05, 0.1) is 0 Å². The molecule has 0 spiro atoms. The summed E-state index contributed by atoms with van der Waals surface area (Å²) in [6.07, 6.45) is 1.06. The van der Waals surface area contributed by atoms with Gasteiger partial charge in [-0.2, -0.15) is 0 Å². The fourth-order valence-corrected chi connectivity index (χ4v) is 4.08. The van der Waals surface area contributed by atoms with Crippen LogP contribution in [-0.2, 0) is 14.6 Å². The molecule has 1 unspecified atom stereocenters. The summed E-state index contributed by atoms with van der Waals surface area (Å²) in [6, 6.07) is 14.7. The Balaban J connectivity index is 2.22. The first-order chi connectivity index (χ1) is 11.3. The number of hydrogen-bond donors (Lipinski definition) is 1. The van der Waals surface area contributed by atoms with Gasteiger partial charge in [-0.15, -0.1) is 0 Å². The minimum Gasteiger partial charge on any atom is -0.393 e. The van der Waals surface area contributed by atoms with Crippen LogP contribution in [0, 0.1) is 0 Å². The highest BCUT2D eigenvalue weighted by Crippen LogP contribution is 2.42. The summed E-state index contributed by atoms with van der Waals surface area (Å²) in [5, 5.41) is 0.519. The van der Waals surface area contributed by atoms with Crippen LogP contribution in [0.5, 0.6) is 0 Å². The third-order valence-corrected chi connectivity index (χ3v) is 5.33. The second-order valence-electron chi connectivity index (χ2n) is 5.51. The summed E-state index contributed by atoms with van der Waals surface area (Å²) in [5.41, 5.74) is 6.82. The molecule has 0 aliphatic carbocycles. The van der Waals surface area contributed by atoms with Gasteiger partial charge in [0, 0.05) is 17.0 Å². The average Bonchev–Trinajstić information content (AvgIpc) is 2.81. The number of carbonyl (C=O) groups is 1. The van der Waals surface area contributed by atoms with Crippen LogP contribution in [0.1, 0.15) is 11.6 Å². The minimum absolute atomic E-state index is 0.0753. The molecule has 2 aromatic carbocycles. The molecule has 1 amide bonds. The van der Waals surface area contributed by atoms with Gasteiger partial charge >= 0.3 is 0 Å². The molecule has 5 nitrogen and oxygen atoms in total. The van der Waals surface area contributed by atoms with Crippen LogP contribution in [0.3, 0.4) is 0 Å². The SMILES string of the molecule is CS(=O)(=O)C1=C(N)C(=O)N(c2ccc(Cl)cc2)C1c1ccccc1. The summed E-state index contributed by atoms with van der Waals surface area (Å²) in [5.74, 6) is -0.536. The number of sulfone groups is 1. The van der Waals surface area contributed by atoms with Crippen molar-refractivity contribution in [3.63, 3.8) is 0 Å². The summed E-state index contributed by atoms with van der Waals surface area (Å²) < 4.78 is 24.5. The summed E-state index contributed by atoms with van der Waals surface area (Å²) in [7, 11) is -3.66. The predicted octanol–water partition coefficient (Wildman–Crippen LogP) is 2.64. The zero-order chi connectivity index (χ0) is 17.5. The van der Waals surface area contributed by atoms with Gasteiger partial charge in [-0.1, -0.05) is 41.9 Å². The number of benzene rings is 2. The molecule has 3 rings (SSSR count). The van der Waals surface area contributed by atoms with Gasteiger partial charge in [0.1, 0.15) is 16.6 Å². The van der Waals surface area contributed by atoms with Crippen molar-refractivity contribution in [2.24, 2.45) is 5.73 Å². The van der Waals surface area contributed by atoms with Gasteiger partial charge in [-0.25, -0.2) is 8.42 Å². The predicted molar refractivity (Wildman–Crippen MR) is 94.2 cm³/mol. The van der Waals surface area contributed by atoms with Crippen molar-refractivity contribution in [3.05, 3.63) is 75.8 Å². The third-order valence-electron chi connectivity index (χ3n) is 3.84. The Labute approximate surface area is 145 Å². The highest BCUT2D eigenvalue weighted by molar-refractivity contribution is 7.94. The molecule has 0 bridgehead atoms. The Bertz CT molecular complexity index is 922. The zero-order valence-electron chi connectivity index (χ0n) is 12.8. The van der Waals surface area contributed by atoms with Crippen LogP contribution in [0.4, 0.5) is 5.69 Å². The first kappa shape index (κ1) is 16.5. The van der Waals surface area contributed by atoms with E-state index in [0.717, 1.165) is 6.26 Å². The average molecular weight is 363 g/mol. The van der Waals surface area contributed by atoms with Crippen LogP contribution in [0.25, 0.3) is 0 Å². The monoisotopic (exact) mass is 362 g/mol. The molecule has 0 saturated carbocycles. The number of nitrogens with two attached hydrogens (primary N) is 1. The molecule has 2 aromatic rings. The quantitative estimate of drug-likeness (QED) is 0.910. The maximum atomic E-state index is 12.7. The van der Waals surface area contributed by atoms with E-state index in [9.17, 15) is 13.2 Å². The molecular formula is C17H15ClN2O3S. The first-order valence-electron chi connectivity index (χ1n) is 7.14. The molecule has 1 atom stereocenters. The van der Waals surface area contributed by atoms with E-state index in [1.54, 1.807) is 48.5 Å². The molecule has 1 aliphatic rings. The van der Waals surface area contributed by atoms with Crippen LogP contribution >= 0.6 is 11.6 Å². The lowest BCUT2D eigenvalue weighted by atomic mass is 10.1. The van der Waals surface area contributed by atoms with Gasteiger partial charge in [-0.05, 0) is 29.8 Å². The topological polar surface area (TPSA) is 80.5 Å². The number of nitrogens with zero attached hydrogens (tertiary/aromatic N) is 1. The van der Waals surface area contributed by atoms with Crippen LogP contribution < -0.4 is 10.6 Å². The smallest absolute Gasteiger partial charge is 0.276 e. The summed E-state index contributed by atoms with van der Waals surface area (Å²) in [4.78, 5) is 14.0. The molecule has 24 heavy (non-hydrogen) atoms. The maximum Gasteiger partial charge on any atom is 0.276 e. The van der Waals surface area contributed by atoms with Crippen molar-refractivity contribution in [3.8, 4) is 0 Å². The van der Waals surface area contributed by atoms with Crippen LogP contribution in [0.15, 0.2) is 65.2 Å². The first-order valence-corrected chi connectivity index (χ1v) is 9.41. The van der Waals surface area contributed by atoms with Crippen molar-refractivity contribution in [1.29, 1.82) is 0 Å². The normalized spacial score (nSPS) is 18.3. The van der Waals surface area contributed by atoms with Crippen molar-refractivity contribution >= 4 is 33.0 Å². The molecule has 0 aromatic heterocycles. The Kier molecular flexibility index (Phi) is 4.11. The molecule has 124 valence electrons. The molecular weight excluding hydrogens is 348 g/mol. The highest BCUT2D eigenvalue weighted by atomic mass is 35.5. The number of carbonyl (C=O) groups excluding carboxylic acids is 1. The third kappa shape index (κ3) is 2.79. The van der Waals surface area contributed by atoms with E-state index in [1.165, 1.54) is 4.90 Å². The number of anilines is 1. The lowest BCUT2D eigenvalue weighted by Gasteiger charge is -2.27. The van der Waals surface area contributed by atoms with Crippen molar-refractivity contribution in [1.82, 2.24) is 0 Å². The van der Waals surface area contributed by atoms with Gasteiger partial charge < -0.3 is 5.73 Å². The van der Waals surface area contributed by atoms with E-state index in [4.69, 9.17) is 17.3 Å². The lowest BCUT2D eigenvalue weighted by molar-refractivity contribution is -0.114. The zero-order valence-corrected chi connectivity index (χ0v) is 14.4. The van der Waals surface area contributed by atoms with E-state index in [1.807, 2.05) is 6.07 Å². The van der Waals surface area contributed by atoms with E-state index >= 15 is 0 Å². The molecule has 1 heterocycles. The molecule has 0 radical (unpaired) electrons. The molecule has 1 aliphatic heterocycles. The lowest BCUT2D eigenvalue weighted by Crippen LogP contribution is -2.31. The molecule has 2 N–H and O–H groups in total. The summed E-state index contributed by atoms with van der Waals surface area (Å²) >= 11 is 5.90. The second-order valence-corrected chi connectivity index (χ2v) is 7.94. The fraction of sp³-hybridized carbons (Fsp3) is 0.118. The molecule has 7 heteroatoms. The Morgan fingerprint density at radius 1 is 1.04 bits per heavy atom. The Morgan fingerprint density at radius 2 is 1.62 bits per heavy atom. The Morgan fingerprint density at radius 3 is 2.17 bits per heavy atom. The maximum absolute atomic E-state index is 12.7. The van der Waals surface area contributed by atoms with Gasteiger partial charge in [0.15, 0.2) is 9.84 Å². The van der Waals surface area contributed by atoms with Gasteiger partial charge in [0.25, 0.3) is 5.91 Å². The van der Waals surface area contributed by atoms with E-state index in [2.05, 4.69) is 0 Å². The Hall–Kier alpha value is -2.31. The van der Waals surface area contributed by atoms with E-state index < -0.39 is 21.8 Å². The second kappa shape index (κ2) is 5.96. The van der Waals surface area contributed by atoms with Crippen molar-refractivity contribution in [2.45, 2.75) is 6.04 Å². The molecule has 0 fully saturated rings. The van der Waals surface area contributed by atoms with Gasteiger partial charge in [-0.3, -0.25) is 9.69 Å². The fourth-order valence-electron chi connectivity index (χ4n) is 2.82. The number of rotatable bonds is 3. The van der Waals surface area contributed by atoms with Crippen molar-refractivity contribution < 1.29 is 13.2 Å². The molecule has 0 saturated heterocycles. The summed E-state index contributed by atoms with van der Waals surface area (Å²) in [6.45, 7) is 0. The largest absolute Gasteiger partial charge is 0.393 e. The standard InChI is InChI=1S/C17H15ClN2O3S/c1-24(22,23)16-14(19)17(21)20(13-9-7-12(18)8-10-13)15(16)11-5-3-2-4-6-11/h2-10,15H,19H2,1H3. The van der Waals surface area contributed by atoms with E-state index in [0.29, 0.717) is 16.3 Å². The number of hydrogen-bond acceptors (Lipinski definition) is 4. The van der Waals surface area contributed by atoms with E-state index in [-0.39, 0.29) is 10.6 Å².